The fraction of sp³-hybridized carbons (Fsp3) is 0.538. The molecule has 0 amide bonds. The summed E-state index contributed by atoms with van der Waals surface area (Å²) in [6.07, 6.45) is 1.24. The maximum Gasteiger partial charge on any atom is 0.0390 e. The predicted molar refractivity (Wildman–Crippen MR) is 69.9 cm³/mol. The largest absolute Gasteiger partial charge is 0.399 e. The summed E-state index contributed by atoms with van der Waals surface area (Å²) < 4.78 is 0. The van der Waals surface area contributed by atoms with Gasteiger partial charge >= 0.3 is 0 Å². The zero-order chi connectivity index (χ0) is 11.7. The molecule has 0 saturated carbocycles. The first-order valence-corrected chi connectivity index (χ1v) is 5.85. The molecule has 3 nitrogen and oxygen atoms in total. The summed E-state index contributed by atoms with van der Waals surface area (Å²) >= 11 is 0. The van der Waals surface area contributed by atoms with E-state index in [1.165, 1.54) is 17.7 Å². The van der Waals surface area contributed by atoms with Crippen molar-refractivity contribution in [3.63, 3.8) is 0 Å². The van der Waals surface area contributed by atoms with Crippen LogP contribution in [-0.4, -0.2) is 38.1 Å². The molecular weight excluding hydrogens is 198 g/mol. The van der Waals surface area contributed by atoms with E-state index in [2.05, 4.69) is 43.0 Å². The summed E-state index contributed by atoms with van der Waals surface area (Å²) in [6.45, 7) is 4.33. The average Bonchev–Trinajstić information content (AvgIpc) is 2.64. The molecule has 0 spiro atoms. The molecule has 0 aromatic heterocycles. The zero-order valence-corrected chi connectivity index (χ0v) is 10.4. The third-order valence-corrected chi connectivity index (χ3v) is 3.34. The SMILES string of the molecule is Cc1cc(N)cc(N2CCC(N(C)C)C2)c1. The van der Waals surface area contributed by atoms with E-state index in [1.807, 2.05) is 6.07 Å². The molecule has 1 aliphatic heterocycles. The van der Waals surface area contributed by atoms with Crippen molar-refractivity contribution in [1.29, 1.82) is 0 Å². The summed E-state index contributed by atoms with van der Waals surface area (Å²) in [7, 11) is 4.30. The van der Waals surface area contributed by atoms with Gasteiger partial charge in [0, 0.05) is 30.5 Å². The van der Waals surface area contributed by atoms with E-state index in [9.17, 15) is 0 Å². The fourth-order valence-electron chi connectivity index (χ4n) is 2.37. The maximum absolute atomic E-state index is 5.88. The van der Waals surface area contributed by atoms with E-state index in [0.717, 1.165) is 18.8 Å². The smallest absolute Gasteiger partial charge is 0.0390 e. The molecule has 1 atom stereocenters. The van der Waals surface area contributed by atoms with Crippen molar-refractivity contribution in [3.05, 3.63) is 23.8 Å². The van der Waals surface area contributed by atoms with Crippen molar-refractivity contribution in [3.8, 4) is 0 Å². The van der Waals surface area contributed by atoms with Crippen molar-refractivity contribution >= 4 is 11.4 Å². The molecule has 1 fully saturated rings. The lowest BCUT2D eigenvalue weighted by molar-refractivity contribution is 0.315. The van der Waals surface area contributed by atoms with Gasteiger partial charge in [-0.2, -0.15) is 0 Å². The Morgan fingerprint density at radius 1 is 1.31 bits per heavy atom. The van der Waals surface area contributed by atoms with Crippen LogP contribution in [-0.2, 0) is 0 Å². The van der Waals surface area contributed by atoms with Crippen LogP contribution >= 0.6 is 0 Å². The van der Waals surface area contributed by atoms with Crippen LogP contribution in [0.5, 0.6) is 0 Å². The summed E-state index contributed by atoms with van der Waals surface area (Å²) in [4.78, 5) is 4.73. The topological polar surface area (TPSA) is 32.5 Å². The Hall–Kier alpha value is -1.22. The molecular formula is C13H21N3. The first-order valence-electron chi connectivity index (χ1n) is 5.85. The third kappa shape index (κ3) is 2.30. The second kappa shape index (κ2) is 4.34. The number of nitrogen functional groups attached to an aromatic ring is 1. The molecule has 2 rings (SSSR count). The minimum Gasteiger partial charge on any atom is -0.399 e. The molecule has 0 aliphatic carbocycles. The number of anilines is 2. The molecule has 3 heteroatoms. The van der Waals surface area contributed by atoms with Crippen LogP contribution in [0.4, 0.5) is 11.4 Å². The lowest BCUT2D eigenvalue weighted by Crippen LogP contribution is -2.31. The van der Waals surface area contributed by atoms with Crippen LogP contribution in [0, 0.1) is 6.92 Å². The van der Waals surface area contributed by atoms with Gasteiger partial charge in [-0.25, -0.2) is 0 Å². The second-order valence-corrected chi connectivity index (χ2v) is 4.95. The highest BCUT2D eigenvalue weighted by Gasteiger charge is 2.24. The maximum atomic E-state index is 5.88. The van der Waals surface area contributed by atoms with Gasteiger partial charge in [-0.15, -0.1) is 0 Å². The number of rotatable bonds is 2. The lowest BCUT2D eigenvalue weighted by Gasteiger charge is -2.22. The number of aryl methyl sites for hydroxylation is 1. The molecule has 0 radical (unpaired) electrons. The fourth-order valence-corrected chi connectivity index (χ4v) is 2.37. The number of nitrogens with two attached hydrogens (primary N) is 1. The van der Waals surface area contributed by atoms with Gasteiger partial charge in [0.2, 0.25) is 0 Å². The van der Waals surface area contributed by atoms with Crippen LogP contribution < -0.4 is 10.6 Å². The van der Waals surface area contributed by atoms with E-state index in [4.69, 9.17) is 5.73 Å². The highest BCUT2D eigenvalue weighted by molar-refractivity contribution is 5.58. The van der Waals surface area contributed by atoms with E-state index >= 15 is 0 Å². The van der Waals surface area contributed by atoms with Crippen molar-refractivity contribution in [2.75, 3.05) is 37.8 Å². The van der Waals surface area contributed by atoms with Crippen molar-refractivity contribution < 1.29 is 0 Å². The molecule has 1 aliphatic rings. The molecule has 1 unspecified atom stereocenters. The molecule has 1 aromatic carbocycles. The van der Waals surface area contributed by atoms with Crippen LogP contribution in [0.3, 0.4) is 0 Å². The third-order valence-electron chi connectivity index (χ3n) is 3.34. The normalized spacial score (nSPS) is 20.8. The van der Waals surface area contributed by atoms with Gasteiger partial charge in [-0.1, -0.05) is 0 Å². The molecule has 16 heavy (non-hydrogen) atoms. The lowest BCUT2D eigenvalue weighted by atomic mass is 10.2. The number of likely N-dealkylation sites (N-methyl/N-ethyl adjacent to an activating group) is 1. The quantitative estimate of drug-likeness (QED) is 0.769. The van der Waals surface area contributed by atoms with Crippen LogP contribution in [0.25, 0.3) is 0 Å². The van der Waals surface area contributed by atoms with Crippen molar-refractivity contribution in [2.45, 2.75) is 19.4 Å². The number of hydrogen-bond donors (Lipinski definition) is 1. The Balaban J connectivity index is 2.14. The Kier molecular flexibility index (Phi) is 3.06. The first-order chi connectivity index (χ1) is 7.56. The Labute approximate surface area is 97.8 Å². The Morgan fingerprint density at radius 3 is 2.62 bits per heavy atom. The van der Waals surface area contributed by atoms with E-state index in [-0.39, 0.29) is 0 Å². The standard InChI is InChI=1S/C13H21N3/c1-10-6-11(14)8-13(7-10)16-5-4-12(9-16)15(2)3/h6-8,12H,4-5,9,14H2,1-3H3. The monoisotopic (exact) mass is 219 g/mol. The first kappa shape index (κ1) is 11.3. The van der Waals surface area contributed by atoms with Crippen LogP contribution in [0.15, 0.2) is 18.2 Å². The molecule has 1 heterocycles. The molecule has 1 aromatic rings. The molecule has 1 saturated heterocycles. The van der Waals surface area contributed by atoms with Gasteiger partial charge in [0.15, 0.2) is 0 Å². The Morgan fingerprint density at radius 2 is 2.06 bits per heavy atom. The number of hydrogen-bond acceptors (Lipinski definition) is 3. The number of benzene rings is 1. The Bertz CT molecular complexity index is 353. The molecule has 88 valence electrons. The average molecular weight is 219 g/mol. The van der Waals surface area contributed by atoms with E-state index in [0.29, 0.717) is 6.04 Å². The van der Waals surface area contributed by atoms with E-state index < -0.39 is 0 Å². The second-order valence-electron chi connectivity index (χ2n) is 4.95. The van der Waals surface area contributed by atoms with Crippen LogP contribution in [0.1, 0.15) is 12.0 Å². The van der Waals surface area contributed by atoms with Crippen molar-refractivity contribution in [2.24, 2.45) is 0 Å². The summed E-state index contributed by atoms with van der Waals surface area (Å²) in [6, 6.07) is 6.98. The minimum absolute atomic E-state index is 0.668. The van der Waals surface area contributed by atoms with E-state index in [1.54, 1.807) is 0 Å². The highest BCUT2D eigenvalue weighted by atomic mass is 15.2. The van der Waals surface area contributed by atoms with Gasteiger partial charge in [-0.3, -0.25) is 0 Å². The van der Waals surface area contributed by atoms with Gasteiger partial charge in [0.05, 0.1) is 0 Å². The highest BCUT2D eigenvalue weighted by Crippen LogP contribution is 2.25. The van der Waals surface area contributed by atoms with Crippen molar-refractivity contribution in [1.82, 2.24) is 4.90 Å². The van der Waals surface area contributed by atoms with Gasteiger partial charge in [-0.05, 0) is 51.2 Å². The molecule has 2 N–H and O–H groups in total. The predicted octanol–water partition coefficient (Wildman–Crippen LogP) is 1.72. The summed E-state index contributed by atoms with van der Waals surface area (Å²) in [5.41, 5.74) is 9.25. The number of nitrogens with zero attached hydrogens (tertiary/aromatic N) is 2. The zero-order valence-electron chi connectivity index (χ0n) is 10.4. The minimum atomic E-state index is 0.668. The summed E-state index contributed by atoms with van der Waals surface area (Å²) in [5, 5.41) is 0. The van der Waals surface area contributed by atoms with Gasteiger partial charge in [0.1, 0.15) is 0 Å². The van der Waals surface area contributed by atoms with Gasteiger partial charge < -0.3 is 15.5 Å². The van der Waals surface area contributed by atoms with Crippen LogP contribution in [0.2, 0.25) is 0 Å². The molecule has 0 bridgehead atoms. The summed E-state index contributed by atoms with van der Waals surface area (Å²) in [5.74, 6) is 0. The van der Waals surface area contributed by atoms with Gasteiger partial charge in [0.25, 0.3) is 0 Å².